The van der Waals surface area contributed by atoms with Gasteiger partial charge in [0.15, 0.2) is 0 Å². The van der Waals surface area contributed by atoms with Crippen molar-refractivity contribution < 1.29 is 23.9 Å². The van der Waals surface area contributed by atoms with Gasteiger partial charge < -0.3 is 20.3 Å². The van der Waals surface area contributed by atoms with E-state index in [0.29, 0.717) is 5.56 Å². The maximum absolute atomic E-state index is 11.5. The van der Waals surface area contributed by atoms with E-state index in [4.69, 9.17) is 10.5 Å². The first-order valence-corrected chi connectivity index (χ1v) is 7.69. The maximum Gasteiger partial charge on any atom is 0.352 e. The summed E-state index contributed by atoms with van der Waals surface area (Å²) < 4.78 is 16.2. The van der Waals surface area contributed by atoms with Gasteiger partial charge in [-0.2, -0.15) is 0 Å². The normalized spacial score (nSPS) is 13.9. The third kappa shape index (κ3) is 5.27. The minimum atomic E-state index is -4.48. The van der Waals surface area contributed by atoms with Gasteiger partial charge in [-0.25, -0.2) is 0 Å². The van der Waals surface area contributed by atoms with Crippen molar-refractivity contribution in [2.75, 3.05) is 6.61 Å². The van der Waals surface area contributed by atoms with Gasteiger partial charge in [0.1, 0.15) is 6.04 Å². The lowest BCUT2D eigenvalue weighted by molar-refractivity contribution is -0.144. The van der Waals surface area contributed by atoms with E-state index < -0.39 is 19.6 Å². The van der Waals surface area contributed by atoms with Gasteiger partial charge in [-0.05, 0) is 18.6 Å². The van der Waals surface area contributed by atoms with Crippen LogP contribution in [-0.4, -0.2) is 28.4 Å². The van der Waals surface area contributed by atoms with Crippen LogP contribution in [0.4, 0.5) is 0 Å². The highest BCUT2D eigenvalue weighted by Gasteiger charge is 2.26. The van der Waals surface area contributed by atoms with Crippen LogP contribution in [0.3, 0.4) is 0 Å². The molecule has 0 radical (unpaired) electrons. The SMILES string of the molecule is CCOC(=O)[C@@H](N)C/C(=C\c1ccccc1)P(=O)(O)O. The molecule has 0 bridgehead atoms. The zero-order valence-electron chi connectivity index (χ0n) is 11.1. The van der Waals surface area contributed by atoms with Gasteiger partial charge in [-0.1, -0.05) is 30.3 Å². The molecule has 0 fully saturated rings. The molecule has 0 unspecified atom stereocenters. The Morgan fingerprint density at radius 3 is 2.50 bits per heavy atom. The van der Waals surface area contributed by atoms with Crippen molar-refractivity contribution in [3.8, 4) is 0 Å². The second-order valence-corrected chi connectivity index (χ2v) is 5.82. The van der Waals surface area contributed by atoms with Gasteiger partial charge in [0, 0.05) is 11.7 Å². The van der Waals surface area contributed by atoms with Crippen LogP contribution in [0.2, 0.25) is 0 Å². The molecule has 0 saturated carbocycles. The molecule has 0 aromatic heterocycles. The summed E-state index contributed by atoms with van der Waals surface area (Å²) in [6.45, 7) is 1.80. The van der Waals surface area contributed by atoms with Crippen LogP contribution < -0.4 is 5.73 Å². The predicted octanol–water partition coefficient (Wildman–Crippen LogP) is 1.49. The quantitative estimate of drug-likeness (QED) is 0.542. The molecule has 1 atom stereocenters. The van der Waals surface area contributed by atoms with Crippen LogP contribution in [0.15, 0.2) is 35.6 Å². The van der Waals surface area contributed by atoms with Crippen LogP contribution in [-0.2, 0) is 14.1 Å². The fraction of sp³-hybridized carbons (Fsp3) is 0.308. The number of carbonyl (C=O) groups is 1. The highest BCUT2D eigenvalue weighted by Crippen LogP contribution is 2.48. The Kier molecular flexibility index (Phi) is 6.10. The van der Waals surface area contributed by atoms with Crippen molar-refractivity contribution in [3.05, 3.63) is 41.2 Å². The Balaban J connectivity index is 2.95. The van der Waals surface area contributed by atoms with Crippen molar-refractivity contribution >= 4 is 19.6 Å². The first-order valence-electron chi connectivity index (χ1n) is 6.08. The lowest BCUT2D eigenvalue weighted by Crippen LogP contribution is -2.32. The Morgan fingerprint density at radius 2 is 2.00 bits per heavy atom. The maximum atomic E-state index is 11.5. The second kappa shape index (κ2) is 7.36. The number of ether oxygens (including phenoxy) is 1. The molecule has 1 aromatic carbocycles. The average molecular weight is 299 g/mol. The predicted molar refractivity (Wildman–Crippen MR) is 75.7 cm³/mol. The van der Waals surface area contributed by atoms with Gasteiger partial charge in [0.25, 0.3) is 0 Å². The molecule has 4 N–H and O–H groups in total. The smallest absolute Gasteiger partial charge is 0.352 e. The summed E-state index contributed by atoms with van der Waals surface area (Å²) in [5, 5.41) is -0.191. The van der Waals surface area contributed by atoms with Gasteiger partial charge in [-0.15, -0.1) is 0 Å². The third-order valence-electron chi connectivity index (χ3n) is 2.53. The largest absolute Gasteiger partial charge is 0.465 e. The zero-order valence-corrected chi connectivity index (χ0v) is 12.0. The van der Waals surface area contributed by atoms with Gasteiger partial charge in [-0.3, -0.25) is 9.36 Å². The Bertz CT molecular complexity index is 523. The van der Waals surface area contributed by atoms with Crippen LogP contribution in [0, 0.1) is 0 Å². The fourth-order valence-electron chi connectivity index (χ4n) is 1.56. The van der Waals surface area contributed by atoms with E-state index in [1.165, 1.54) is 6.08 Å². The standard InChI is InChI=1S/C13H18NO5P/c1-2-19-13(15)12(14)9-11(20(16,17)18)8-10-6-4-3-5-7-10/h3-8,12H,2,9,14H2,1H3,(H2,16,17,18)/b11-8+/t12-/m0/s1. The number of esters is 1. The molecule has 0 saturated heterocycles. The van der Waals surface area contributed by atoms with E-state index in [9.17, 15) is 19.1 Å². The van der Waals surface area contributed by atoms with Crippen LogP contribution in [0.25, 0.3) is 6.08 Å². The van der Waals surface area contributed by atoms with Crippen molar-refractivity contribution in [1.82, 2.24) is 0 Å². The van der Waals surface area contributed by atoms with Crippen molar-refractivity contribution in [2.45, 2.75) is 19.4 Å². The average Bonchev–Trinajstić information content (AvgIpc) is 2.38. The van der Waals surface area contributed by atoms with Crippen molar-refractivity contribution in [3.63, 3.8) is 0 Å². The summed E-state index contributed by atoms with van der Waals surface area (Å²) in [6.07, 6.45) is 1.10. The molecule has 6 nitrogen and oxygen atoms in total. The summed E-state index contributed by atoms with van der Waals surface area (Å²) in [6, 6.07) is 7.58. The Labute approximate surface area is 117 Å². The molecule has 0 spiro atoms. The molecule has 110 valence electrons. The van der Waals surface area contributed by atoms with Gasteiger partial charge in [0.05, 0.1) is 6.61 Å². The summed E-state index contributed by atoms with van der Waals surface area (Å²) in [5.41, 5.74) is 6.22. The molecule has 0 amide bonds. The molecule has 20 heavy (non-hydrogen) atoms. The Hall–Kier alpha value is -1.46. The molecule has 0 aliphatic rings. The summed E-state index contributed by atoms with van der Waals surface area (Å²) in [5.74, 6) is -0.681. The van der Waals surface area contributed by atoms with Crippen molar-refractivity contribution in [1.29, 1.82) is 0 Å². The van der Waals surface area contributed by atoms with E-state index in [-0.39, 0.29) is 18.3 Å². The molecule has 1 aromatic rings. The fourth-order valence-corrected chi connectivity index (χ4v) is 2.31. The van der Waals surface area contributed by atoms with E-state index in [2.05, 4.69) is 0 Å². The molecular formula is C13H18NO5P. The molecule has 7 heteroatoms. The summed E-state index contributed by atoms with van der Waals surface area (Å²) in [7, 11) is -4.48. The van der Waals surface area contributed by atoms with E-state index in [1.54, 1.807) is 37.3 Å². The molecule has 1 rings (SSSR count). The van der Waals surface area contributed by atoms with Crippen LogP contribution >= 0.6 is 7.60 Å². The lowest BCUT2D eigenvalue weighted by atomic mass is 10.1. The number of hydrogen-bond donors (Lipinski definition) is 3. The van der Waals surface area contributed by atoms with Crippen LogP contribution in [0.5, 0.6) is 0 Å². The zero-order chi connectivity index (χ0) is 15.2. The summed E-state index contributed by atoms with van der Waals surface area (Å²) in [4.78, 5) is 30.1. The molecule has 0 aliphatic heterocycles. The van der Waals surface area contributed by atoms with Gasteiger partial charge >= 0.3 is 13.6 Å². The second-order valence-electron chi connectivity index (χ2n) is 4.15. The minimum absolute atomic E-state index is 0.167. The van der Waals surface area contributed by atoms with E-state index >= 15 is 0 Å². The molecule has 0 heterocycles. The molecular weight excluding hydrogens is 281 g/mol. The minimum Gasteiger partial charge on any atom is -0.465 e. The molecule has 0 aliphatic carbocycles. The van der Waals surface area contributed by atoms with E-state index in [0.717, 1.165) is 0 Å². The highest BCUT2D eigenvalue weighted by atomic mass is 31.2. The number of benzene rings is 1. The monoisotopic (exact) mass is 299 g/mol. The summed E-state index contributed by atoms with van der Waals surface area (Å²) >= 11 is 0. The van der Waals surface area contributed by atoms with E-state index in [1.807, 2.05) is 0 Å². The first kappa shape index (κ1) is 16.6. The number of rotatable bonds is 6. The van der Waals surface area contributed by atoms with Gasteiger partial charge in [0.2, 0.25) is 0 Å². The number of nitrogens with two attached hydrogens (primary N) is 1. The topological polar surface area (TPSA) is 110 Å². The Morgan fingerprint density at radius 1 is 1.40 bits per heavy atom. The number of carbonyl (C=O) groups excluding carboxylic acids is 1. The third-order valence-corrected chi connectivity index (χ3v) is 3.59. The highest BCUT2D eigenvalue weighted by molar-refractivity contribution is 7.56. The van der Waals surface area contributed by atoms with Crippen molar-refractivity contribution in [2.24, 2.45) is 5.73 Å². The first-order chi connectivity index (χ1) is 9.34. The lowest BCUT2D eigenvalue weighted by Gasteiger charge is -2.14. The number of hydrogen-bond acceptors (Lipinski definition) is 4. The van der Waals surface area contributed by atoms with Crippen LogP contribution in [0.1, 0.15) is 18.9 Å².